The summed E-state index contributed by atoms with van der Waals surface area (Å²) in [6, 6.07) is 9.25. The van der Waals surface area contributed by atoms with E-state index in [1.807, 2.05) is 6.07 Å². The van der Waals surface area contributed by atoms with Crippen molar-refractivity contribution < 1.29 is 9.53 Å². The third-order valence-corrected chi connectivity index (χ3v) is 3.68. The monoisotopic (exact) mass is 272 g/mol. The predicted octanol–water partition coefficient (Wildman–Crippen LogP) is 3.17. The Morgan fingerprint density at radius 3 is 3.00 bits per heavy atom. The molecule has 2 rings (SSSR count). The second kappa shape index (κ2) is 5.63. The third-order valence-electron chi connectivity index (χ3n) is 2.50. The van der Waals surface area contributed by atoms with Gasteiger partial charge < -0.3 is 4.74 Å². The van der Waals surface area contributed by atoms with Crippen LogP contribution in [0.3, 0.4) is 0 Å². The van der Waals surface area contributed by atoms with E-state index in [1.165, 1.54) is 11.3 Å². The van der Waals surface area contributed by atoms with Gasteiger partial charge in [-0.15, -0.1) is 11.3 Å². The summed E-state index contributed by atoms with van der Waals surface area (Å²) >= 11 is 1.28. The van der Waals surface area contributed by atoms with Crippen LogP contribution in [0.1, 0.15) is 27.9 Å². The maximum absolute atomic E-state index is 11.7. The molecule has 0 fully saturated rings. The maximum Gasteiger partial charge on any atom is 0.350 e. The molecule has 0 N–H and O–H groups in total. The third kappa shape index (κ3) is 2.80. The number of hydrogen-bond donors (Lipinski definition) is 0. The van der Waals surface area contributed by atoms with Gasteiger partial charge in [0.15, 0.2) is 0 Å². The number of rotatable bonds is 3. The molecule has 19 heavy (non-hydrogen) atoms. The van der Waals surface area contributed by atoms with Crippen molar-refractivity contribution in [2.24, 2.45) is 0 Å². The number of aromatic nitrogens is 1. The number of aryl methyl sites for hydroxylation is 1. The van der Waals surface area contributed by atoms with E-state index in [9.17, 15) is 4.79 Å². The maximum atomic E-state index is 11.7. The Morgan fingerprint density at radius 2 is 2.32 bits per heavy atom. The minimum absolute atomic E-state index is 0.343. The first-order valence-electron chi connectivity index (χ1n) is 5.80. The summed E-state index contributed by atoms with van der Waals surface area (Å²) in [4.78, 5) is 16.6. The van der Waals surface area contributed by atoms with Gasteiger partial charge in [-0.2, -0.15) is 5.26 Å². The van der Waals surface area contributed by atoms with Gasteiger partial charge in [0.05, 0.1) is 23.9 Å². The summed E-state index contributed by atoms with van der Waals surface area (Å²) in [6.07, 6.45) is 0. The van der Waals surface area contributed by atoms with E-state index < -0.39 is 0 Å². The minimum Gasteiger partial charge on any atom is -0.462 e. The molecule has 1 aromatic heterocycles. The highest BCUT2D eigenvalue weighted by Crippen LogP contribution is 2.28. The Kier molecular flexibility index (Phi) is 3.93. The molecule has 0 saturated heterocycles. The number of thiazole rings is 1. The van der Waals surface area contributed by atoms with Gasteiger partial charge in [-0.05, 0) is 26.0 Å². The number of carbonyl (C=O) groups is 1. The topological polar surface area (TPSA) is 63.0 Å². The van der Waals surface area contributed by atoms with E-state index in [0.717, 1.165) is 10.6 Å². The quantitative estimate of drug-likeness (QED) is 0.805. The van der Waals surface area contributed by atoms with Crippen LogP contribution in [0.2, 0.25) is 0 Å². The average Bonchev–Trinajstić information content (AvgIpc) is 2.81. The zero-order chi connectivity index (χ0) is 13.8. The summed E-state index contributed by atoms with van der Waals surface area (Å²) in [6.45, 7) is 3.89. The molecule has 0 unspecified atom stereocenters. The number of nitrogens with zero attached hydrogens (tertiary/aromatic N) is 2. The van der Waals surface area contributed by atoms with Crippen molar-refractivity contribution in [3.05, 3.63) is 40.4 Å². The Balaban J connectivity index is 2.39. The van der Waals surface area contributed by atoms with Crippen LogP contribution in [-0.4, -0.2) is 17.6 Å². The largest absolute Gasteiger partial charge is 0.462 e. The molecule has 0 radical (unpaired) electrons. The standard InChI is InChI=1S/C14H12N2O2S/c1-3-18-14(17)12-9(2)16-13(19-12)11-6-4-5-10(7-11)8-15/h4-7H,3H2,1-2H3. The SMILES string of the molecule is CCOC(=O)c1sc(-c2cccc(C#N)c2)nc1C. The lowest BCUT2D eigenvalue weighted by Crippen LogP contribution is -2.03. The molecule has 0 saturated carbocycles. The van der Waals surface area contributed by atoms with Gasteiger partial charge in [0.1, 0.15) is 9.88 Å². The smallest absolute Gasteiger partial charge is 0.350 e. The van der Waals surface area contributed by atoms with Crippen LogP contribution >= 0.6 is 11.3 Å². The van der Waals surface area contributed by atoms with E-state index in [1.54, 1.807) is 32.0 Å². The fraction of sp³-hybridized carbons (Fsp3) is 0.214. The fourth-order valence-electron chi connectivity index (χ4n) is 1.63. The summed E-state index contributed by atoms with van der Waals surface area (Å²) in [7, 11) is 0. The number of nitriles is 1. The summed E-state index contributed by atoms with van der Waals surface area (Å²) in [5.41, 5.74) is 2.06. The van der Waals surface area contributed by atoms with E-state index in [0.29, 0.717) is 22.7 Å². The van der Waals surface area contributed by atoms with Crippen molar-refractivity contribution in [1.29, 1.82) is 5.26 Å². The Morgan fingerprint density at radius 1 is 1.53 bits per heavy atom. The molecular formula is C14H12N2O2S. The second-order valence-electron chi connectivity index (χ2n) is 3.85. The van der Waals surface area contributed by atoms with Crippen molar-refractivity contribution >= 4 is 17.3 Å². The first kappa shape index (κ1) is 13.2. The van der Waals surface area contributed by atoms with Crippen molar-refractivity contribution in [3.63, 3.8) is 0 Å². The van der Waals surface area contributed by atoms with E-state index in [2.05, 4.69) is 11.1 Å². The minimum atomic E-state index is -0.347. The van der Waals surface area contributed by atoms with Crippen molar-refractivity contribution in [1.82, 2.24) is 4.98 Å². The van der Waals surface area contributed by atoms with Gasteiger partial charge in [0, 0.05) is 5.56 Å². The summed E-state index contributed by atoms with van der Waals surface area (Å²) < 4.78 is 4.98. The highest BCUT2D eigenvalue weighted by molar-refractivity contribution is 7.17. The predicted molar refractivity (Wildman–Crippen MR) is 73.0 cm³/mol. The molecule has 0 atom stereocenters. The van der Waals surface area contributed by atoms with Crippen molar-refractivity contribution in [2.45, 2.75) is 13.8 Å². The lowest BCUT2D eigenvalue weighted by molar-refractivity contribution is 0.0531. The van der Waals surface area contributed by atoms with Crippen LogP contribution in [0.25, 0.3) is 10.6 Å². The van der Waals surface area contributed by atoms with Gasteiger partial charge >= 0.3 is 5.97 Å². The molecule has 4 nitrogen and oxygen atoms in total. The zero-order valence-corrected chi connectivity index (χ0v) is 11.5. The van der Waals surface area contributed by atoms with Crippen LogP contribution in [0, 0.1) is 18.3 Å². The number of esters is 1. The summed E-state index contributed by atoms with van der Waals surface area (Å²) in [5.74, 6) is -0.347. The fourth-order valence-corrected chi connectivity index (χ4v) is 2.58. The van der Waals surface area contributed by atoms with Crippen LogP contribution in [-0.2, 0) is 4.74 Å². The lowest BCUT2D eigenvalue weighted by Gasteiger charge is -1.97. The molecule has 0 aliphatic heterocycles. The first-order chi connectivity index (χ1) is 9.15. The number of hydrogen-bond acceptors (Lipinski definition) is 5. The molecule has 0 aliphatic rings. The van der Waals surface area contributed by atoms with Gasteiger partial charge in [-0.1, -0.05) is 12.1 Å². The number of carbonyl (C=O) groups excluding carboxylic acids is 1. The van der Waals surface area contributed by atoms with Gasteiger partial charge in [-0.25, -0.2) is 9.78 Å². The molecule has 2 aromatic rings. The second-order valence-corrected chi connectivity index (χ2v) is 4.85. The highest BCUT2D eigenvalue weighted by Gasteiger charge is 2.17. The molecule has 1 aromatic carbocycles. The van der Waals surface area contributed by atoms with E-state index in [-0.39, 0.29) is 5.97 Å². The van der Waals surface area contributed by atoms with Crippen LogP contribution in [0.5, 0.6) is 0 Å². The molecule has 1 heterocycles. The summed E-state index contributed by atoms with van der Waals surface area (Å²) in [5, 5.41) is 9.61. The Hall–Kier alpha value is -2.19. The molecule has 0 bridgehead atoms. The molecule has 0 amide bonds. The average molecular weight is 272 g/mol. The highest BCUT2D eigenvalue weighted by atomic mass is 32.1. The van der Waals surface area contributed by atoms with E-state index >= 15 is 0 Å². The number of ether oxygens (including phenoxy) is 1. The van der Waals surface area contributed by atoms with Gasteiger partial charge in [0.2, 0.25) is 0 Å². The first-order valence-corrected chi connectivity index (χ1v) is 6.62. The molecule has 0 spiro atoms. The molecule has 96 valence electrons. The van der Waals surface area contributed by atoms with Crippen molar-refractivity contribution in [3.8, 4) is 16.6 Å². The number of benzene rings is 1. The molecule has 5 heteroatoms. The van der Waals surface area contributed by atoms with Crippen LogP contribution < -0.4 is 0 Å². The zero-order valence-electron chi connectivity index (χ0n) is 10.6. The van der Waals surface area contributed by atoms with Crippen LogP contribution in [0.15, 0.2) is 24.3 Å². The normalized spacial score (nSPS) is 9.95. The molecule has 0 aliphatic carbocycles. The van der Waals surface area contributed by atoms with Crippen LogP contribution in [0.4, 0.5) is 0 Å². The van der Waals surface area contributed by atoms with E-state index in [4.69, 9.17) is 10.00 Å². The van der Waals surface area contributed by atoms with Gasteiger partial charge in [0.25, 0.3) is 0 Å². The molecular weight excluding hydrogens is 260 g/mol. The Bertz CT molecular complexity index is 656. The van der Waals surface area contributed by atoms with Gasteiger partial charge in [-0.3, -0.25) is 0 Å². The Labute approximate surface area is 115 Å². The lowest BCUT2D eigenvalue weighted by atomic mass is 10.1. The van der Waals surface area contributed by atoms with Crippen molar-refractivity contribution in [2.75, 3.05) is 6.61 Å².